The summed E-state index contributed by atoms with van der Waals surface area (Å²) in [7, 11) is 0. The summed E-state index contributed by atoms with van der Waals surface area (Å²) >= 11 is 0. The third kappa shape index (κ3) is 4.00. The van der Waals surface area contributed by atoms with Crippen LogP contribution in [0.5, 0.6) is 0 Å². The molecule has 6 nitrogen and oxygen atoms in total. The minimum absolute atomic E-state index is 0.281. The Morgan fingerprint density at radius 3 is 2.54 bits per heavy atom. The Hall–Kier alpha value is -3.35. The van der Waals surface area contributed by atoms with Crippen LogP contribution in [0.25, 0.3) is 11.3 Å². The zero-order valence-corrected chi connectivity index (χ0v) is 14.4. The minimum Gasteiger partial charge on any atom is -0.324 e. The molecule has 0 saturated carbocycles. The molecular formula is C19H17FN4O2. The van der Waals surface area contributed by atoms with Gasteiger partial charge in [-0.15, -0.1) is 0 Å². The van der Waals surface area contributed by atoms with Crippen molar-refractivity contribution in [1.29, 1.82) is 0 Å². The molecule has 0 unspecified atom stereocenters. The molecule has 0 bridgehead atoms. The molecular weight excluding hydrogens is 335 g/mol. The van der Waals surface area contributed by atoms with E-state index in [9.17, 15) is 14.0 Å². The summed E-state index contributed by atoms with van der Waals surface area (Å²) in [5.41, 5.74) is 2.77. The molecule has 132 valence electrons. The zero-order chi connectivity index (χ0) is 18.7. The minimum atomic E-state index is -0.617. The third-order valence-electron chi connectivity index (χ3n) is 3.86. The molecule has 3 aromatic rings. The first-order chi connectivity index (χ1) is 12.4. The van der Waals surface area contributed by atoms with Gasteiger partial charge in [0.1, 0.15) is 12.4 Å². The van der Waals surface area contributed by atoms with Gasteiger partial charge in [0.2, 0.25) is 5.91 Å². The number of aromatic nitrogens is 3. The number of benzene rings is 2. The van der Waals surface area contributed by atoms with Crippen LogP contribution < -0.4 is 11.0 Å². The second kappa shape index (κ2) is 7.26. The van der Waals surface area contributed by atoms with Gasteiger partial charge in [0, 0.05) is 11.3 Å². The van der Waals surface area contributed by atoms with Crippen molar-refractivity contribution in [3.8, 4) is 11.3 Å². The van der Waals surface area contributed by atoms with Crippen molar-refractivity contribution in [3.63, 3.8) is 0 Å². The SMILES string of the molecule is Cc1ccc(-c2cnn(CC(=O)Nc3ccc(F)cc3C)c(=O)n2)cc1. The highest BCUT2D eigenvalue weighted by atomic mass is 19.1. The summed E-state index contributed by atoms with van der Waals surface area (Å²) in [6.45, 7) is 3.37. The van der Waals surface area contributed by atoms with Crippen LogP contribution in [0.15, 0.2) is 53.5 Å². The van der Waals surface area contributed by atoms with Crippen molar-refractivity contribution in [1.82, 2.24) is 14.8 Å². The van der Waals surface area contributed by atoms with Crippen LogP contribution in [0.2, 0.25) is 0 Å². The number of rotatable bonds is 4. The quantitative estimate of drug-likeness (QED) is 0.783. The first-order valence-corrected chi connectivity index (χ1v) is 7.99. The van der Waals surface area contributed by atoms with Crippen LogP contribution in [0.4, 0.5) is 10.1 Å². The summed E-state index contributed by atoms with van der Waals surface area (Å²) in [6, 6.07) is 11.6. The van der Waals surface area contributed by atoms with E-state index in [1.54, 1.807) is 6.92 Å². The van der Waals surface area contributed by atoms with Gasteiger partial charge in [-0.3, -0.25) is 4.79 Å². The number of hydrogen-bond acceptors (Lipinski definition) is 4. The zero-order valence-electron chi connectivity index (χ0n) is 14.4. The number of anilines is 1. The lowest BCUT2D eigenvalue weighted by Gasteiger charge is -2.09. The highest BCUT2D eigenvalue weighted by molar-refractivity contribution is 5.91. The van der Waals surface area contributed by atoms with E-state index in [0.717, 1.165) is 15.8 Å². The normalized spacial score (nSPS) is 10.6. The monoisotopic (exact) mass is 352 g/mol. The fraction of sp³-hybridized carbons (Fsp3) is 0.158. The maximum atomic E-state index is 13.1. The van der Waals surface area contributed by atoms with Crippen molar-refractivity contribution < 1.29 is 9.18 Å². The molecule has 0 aliphatic rings. The van der Waals surface area contributed by atoms with E-state index in [1.165, 1.54) is 24.4 Å². The fourth-order valence-corrected chi connectivity index (χ4v) is 2.43. The van der Waals surface area contributed by atoms with E-state index in [2.05, 4.69) is 15.4 Å². The van der Waals surface area contributed by atoms with E-state index in [4.69, 9.17) is 0 Å². The number of carbonyl (C=O) groups is 1. The van der Waals surface area contributed by atoms with Gasteiger partial charge < -0.3 is 5.32 Å². The summed E-state index contributed by atoms with van der Waals surface area (Å²) in [5.74, 6) is -0.825. The van der Waals surface area contributed by atoms with Crippen molar-refractivity contribution in [2.45, 2.75) is 20.4 Å². The molecule has 1 amide bonds. The summed E-state index contributed by atoms with van der Waals surface area (Å²) in [6.07, 6.45) is 1.45. The maximum Gasteiger partial charge on any atom is 0.365 e. The van der Waals surface area contributed by atoms with Gasteiger partial charge in [0.25, 0.3) is 0 Å². The second-order valence-corrected chi connectivity index (χ2v) is 5.96. The standard InChI is InChI=1S/C19H17FN4O2/c1-12-3-5-14(6-4-12)17-10-21-24(19(26)23-17)11-18(25)22-16-8-7-15(20)9-13(16)2/h3-10H,11H2,1-2H3,(H,22,25). The van der Waals surface area contributed by atoms with Gasteiger partial charge in [0.15, 0.2) is 0 Å². The fourth-order valence-electron chi connectivity index (χ4n) is 2.43. The number of hydrogen-bond donors (Lipinski definition) is 1. The summed E-state index contributed by atoms with van der Waals surface area (Å²) in [5, 5.41) is 6.65. The average molecular weight is 352 g/mol. The Bertz CT molecular complexity index is 1010. The number of carbonyl (C=O) groups excluding carboxylic acids is 1. The molecule has 26 heavy (non-hydrogen) atoms. The molecule has 3 rings (SSSR count). The van der Waals surface area contributed by atoms with Crippen molar-refractivity contribution in [2.24, 2.45) is 0 Å². The number of nitrogens with one attached hydrogen (secondary N) is 1. The Labute approximate surface area is 149 Å². The number of halogens is 1. The van der Waals surface area contributed by atoms with Crippen molar-refractivity contribution in [2.75, 3.05) is 5.32 Å². The Balaban J connectivity index is 1.74. The molecule has 0 fully saturated rings. The Kier molecular flexibility index (Phi) is 4.88. The van der Waals surface area contributed by atoms with E-state index in [0.29, 0.717) is 16.9 Å². The van der Waals surface area contributed by atoms with Gasteiger partial charge in [-0.2, -0.15) is 10.1 Å². The van der Waals surface area contributed by atoms with E-state index >= 15 is 0 Å². The van der Waals surface area contributed by atoms with Crippen LogP contribution in [-0.2, 0) is 11.3 Å². The smallest absolute Gasteiger partial charge is 0.324 e. The second-order valence-electron chi connectivity index (χ2n) is 5.96. The molecule has 1 aromatic heterocycles. The van der Waals surface area contributed by atoms with Gasteiger partial charge in [0.05, 0.1) is 11.9 Å². The molecule has 0 radical (unpaired) electrons. The van der Waals surface area contributed by atoms with Crippen LogP contribution in [0.3, 0.4) is 0 Å². The van der Waals surface area contributed by atoms with Crippen LogP contribution in [0, 0.1) is 19.7 Å². The van der Waals surface area contributed by atoms with Crippen molar-refractivity contribution >= 4 is 11.6 Å². The average Bonchev–Trinajstić information content (AvgIpc) is 2.60. The molecule has 1 N–H and O–H groups in total. The predicted octanol–water partition coefficient (Wildman–Crippen LogP) is 2.70. The molecule has 1 heterocycles. The van der Waals surface area contributed by atoms with Gasteiger partial charge >= 0.3 is 5.69 Å². The highest BCUT2D eigenvalue weighted by Crippen LogP contribution is 2.16. The lowest BCUT2D eigenvalue weighted by atomic mass is 10.1. The topological polar surface area (TPSA) is 76.9 Å². The van der Waals surface area contributed by atoms with Gasteiger partial charge in [-0.25, -0.2) is 13.9 Å². The molecule has 7 heteroatoms. The van der Waals surface area contributed by atoms with E-state index in [-0.39, 0.29) is 12.4 Å². The lowest BCUT2D eigenvalue weighted by Crippen LogP contribution is -2.31. The molecule has 0 aliphatic carbocycles. The van der Waals surface area contributed by atoms with Gasteiger partial charge in [-0.1, -0.05) is 29.8 Å². The molecule has 0 spiro atoms. The number of nitrogens with zero attached hydrogens (tertiary/aromatic N) is 3. The van der Waals surface area contributed by atoms with Crippen LogP contribution in [-0.4, -0.2) is 20.7 Å². The predicted molar refractivity (Wildman–Crippen MR) is 96.2 cm³/mol. The summed E-state index contributed by atoms with van der Waals surface area (Å²) in [4.78, 5) is 28.2. The van der Waals surface area contributed by atoms with E-state index in [1.807, 2.05) is 31.2 Å². The molecule has 2 aromatic carbocycles. The third-order valence-corrected chi connectivity index (χ3v) is 3.86. The molecule has 0 aliphatic heterocycles. The summed E-state index contributed by atoms with van der Waals surface area (Å²) < 4.78 is 14.1. The largest absolute Gasteiger partial charge is 0.365 e. The highest BCUT2D eigenvalue weighted by Gasteiger charge is 2.10. The Morgan fingerprint density at radius 1 is 1.15 bits per heavy atom. The molecule has 0 atom stereocenters. The number of aryl methyl sites for hydroxylation is 2. The first-order valence-electron chi connectivity index (χ1n) is 7.99. The Morgan fingerprint density at radius 2 is 1.88 bits per heavy atom. The van der Waals surface area contributed by atoms with Crippen molar-refractivity contribution in [3.05, 3.63) is 76.1 Å². The van der Waals surface area contributed by atoms with E-state index < -0.39 is 11.6 Å². The number of amides is 1. The lowest BCUT2D eigenvalue weighted by molar-refractivity contribution is -0.117. The van der Waals surface area contributed by atoms with Gasteiger partial charge in [-0.05, 0) is 37.6 Å². The maximum absolute atomic E-state index is 13.1. The van der Waals surface area contributed by atoms with Crippen LogP contribution in [0.1, 0.15) is 11.1 Å². The molecule has 0 saturated heterocycles. The first kappa shape index (κ1) is 17.5. The van der Waals surface area contributed by atoms with Crippen LogP contribution >= 0.6 is 0 Å².